The Bertz CT molecular complexity index is 582. The van der Waals surface area contributed by atoms with Gasteiger partial charge >= 0.3 is 0 Å². The van der Waals surface area contributed by atoms with Gasteiger partial charge in [-0.2, -0.15) is 5.10 Å². The second-order valence-corrected chi connectivity index (χ2v) is 5.01. The number of nitrogens with zero attached hydrogens (tertiary/aromatic N) is 3. The molecule has 0 bridgehead atoms. The standard InChI is InChI=1S/C10H7N3O2S2/c14-13(15)9-3-1-8(2-4-9)7-11-12-10-16-5-6-17-10/h1-7H/b11-7+. The topological polar surface area (TPSA) is 67.9 Å². The minimum Gasteiger partial charge on any atom is -0.258 e. The van der Waals surface area contributed by atoms with Crippen LogP contribution in [0.5, 0.6) is 0 Å². The van der Waals surface area contributed by atoms with Crippen LogP contribution in [0.3, 0.4) is 0 Å². The summed E-state index contributed by atoms with van der Waals surface area (Å²) in [5, 5.41) is 22.2. The predicted octanol–water partition coefficient (Wildman–Crippen LogP) is 2.65. The van der Waals surface area contributed by atoms with Gasteiger partial charge in [0, 0.05) is 22.9 Å². The Morgan fingerprint density at radius 2 is 1.82 bits per heavy atom. The highest BCUT2D eigenvalue weighted by molar-refractivity contribution is 7.24. The summed E-state index contributed by atoms with van der Waals surface area (Å²) >= 11 is 3.03. The molecule has 5 nitrogen and oxygen atoms in total. The highest BCUT2D eigenvalue weighted by Crippen LogP contribution is 2.10. The molecule has 1 aromatic heterocycles. The van der Waals surface area contributed by atoms with Gasteiger partial charge in [-0.05, 0) is 17.7 Å². The van der Waals surface area contributed by atoms with Crippen LogP contribution in [0.1, 0.15) is 5.56 Å². The third-order valence-electron chi connectivity index (χ3n) is 1.84. The van der Waals surface area contributed by atoms with Crippen molar-refractivity contribution in [2.45, 2.75) is 0 Å². The van der Waals surface area contributed by atoms with E-state index in [2.05, 4.69) is 10.2 Å². The molecule has 2 rings (SSSR count). The number of nitro benzene ring substituents is 1. The molecule has 0 N–H and O–H groups in total. The van der Waals surface area contributed by atoms with Crippen LogP contribution in [0.2, 0.25) is 0 Å². The lowest BCUT2D eigenvalue weighted by atomic mass is 10.2. The maximum Gasteiger partial charge on any atom is 0.269 e. The highest BCUT2D eigenvalue weighted by atomic mass is 32.2. The smallest absolute Gasteiger partial charge is 0.258 e. The van der Waals surface area contributed by atoms with Crippen molar-refractivity contribution in [3.63, 3.8) is 0 Å². The molecule has 0 aliphatic carbocycles. The highest BCUT2D eigenvalue weighted by Gasteiger charge is 2.02. The number of hydrogen-bond donors (Lipinski definition) is 0. The molecule has 2 aromatic rings. The Labute approximate surface area is 105 Å². The molecule has 0 amide bonds. The quantitative estimate of drug-likeness (QED) is 0.486. The number of benzene rings is 1. The maximum absolute atomic E-state index is 10.4. The van der Waals surface area contributed by atoms with Gasteiger partial charge in [0.05, 0.1) is 11.1 Å². The largest absolute Gasteiger partial charge is 0.269 e. The first kappa shape index (κ1) is 11.6. The molecule has 86 valence electrons. The Balaban J connectivity index is 2.12. The maximum atomic E-state index is 10.4. The molecular weight excluding hydrogens is 258 g/mol. The molecule has 0 saturated carbocycles. The fourth-order valence-electron chi connectivity index (χ4n) is 1.07. The lowest BCUT2D eigenvalue weighted by Gasteiger charge is -1.91. The van der Waals surface area contributed by atoms with Crippen LogP contribution in [0, 0.1) is 10.1 Å². The lowest BCUT2D eigenvalue weighted by molar-refractivity contribution is -0.384. The fourth-order valence-corrected chi connectivity index (χ4v) is 2.49. The van der Waals surface area contributed by atoms with Gasteiger partial charge in [0.1, 0.15) is 0 Å². The van der Waals surface area contributed by atoms with Gasteiger partial charge in [-0.25, -0.2) is 0 Å². The molecule has 7 heteroatoms. The molecule has 0 unspecified atom stereocenters. The van der Waals surface area contributed by atoms with Gasteiger partial charge in [0.15, 0.2) is 3.98 Å². The minimum absolute atomic E-state index is 0.0690. The van der Waals surface area contributed by atoms with Gasteiger partial charge < -0.3 is 0 Å². The molecule has 0 spiro atoms. The van der Waals surface area contributed by atoms with E-state index in [-0.39, 0.29) is 5.69 Å². The summed E-state index contributed by atoms with van der Waals surface area (Å²) in [5.74, 6) is 0. The minimum atomic E-state index is -0.432. The lowest BCUT2D eigenvalue weighted by Crippen LogP contribution is -1.88. The zero-order valence-corrected chi connectivity index (χ0v) is 10.1. The first-order chi connectivity index (χ1) is 8.25. The van der Waals surface area contributed by atoms with Crippen LogP contribution in [0.4, 0.5) is 5.69 Å². The van der Waals surface area contributed by atoms with Crippen LogP contribution in [0.15, 0.2) is 45.2 Å². The summed E-state index contributed by atoms with van der Waals surface area (Å²) in [6.45, 7) is 0. The summed E-state index contributed by atoms with van der Waals surface area (Å²) in [5.41, 5.74) is 0.848. The van der Waals surface area contributed by atoms with Crippen molar-refractivity contribution >= 4 is 34.6 Å². The fraction of sp³-hybridized carbons (Fsp3) is 0. The monoisotopic (exact) mass is 265 g/mol. The Morgan fingerprint density at radius 1 is 1.18 bits per heavy atom. The first-order valence-corrected chi connectivity index (χ1v) is 6.35. The van der Waals surface area contributed by atoms with Crippen LogP contribution < -0.4 is 3.98 Å². The van der Waals surface area contributed by atoms with Crippen molar-refractivity contribution in [3.05, 3.63) is 54.7 Å². The zero-order chi connectivity index (χ0) is 12.1. The summed E-state index contributed by atoms with van der Waals surface area (Å²) in [6, 6.07) is 6.15. The Morgan fingerprint density at radius 3 is 2.41 bits per heavy atom. The van der Waals surface area contributed by atoms with Crippen LogP contribution in [-0.4, -0.2) is 11.1 Å². The van der Waals surface area contributed by atoms with E-state index >= 15 is 0 Å². The molecule has 0 fully saturated rings. The van der Waals surface area contributed by atoms with E-state index in [1.807, 2.05) is 10.8 Å². The van der Waals surface area contributed by atoms with Crippen LogP contribution in [0.25, 0.3) is 0 Å². The molecule has 0 atom stereocenters. The van der Waals surface area contributed by atoms with Crippen molar-refractivity contribution in [2.24, 2.45) is 10.2 Å². The van der Waals surface area contributed by atoms with E-state index < -0.39 is 4.92 Å². The number of non-ortho nitro benzene ring substituents is 1. The second-order valence-electron chi connectivity index (χ2n) is 2.97. The normalized spacial score (nSPS) is 10.6. The van der Waals surface area contributed by atoms with Crippen molar-refractivity contribution in [3.8, 4) is 0 Å². The third-order valence-corrected chi connectivity index (χ3v) is 3.70. The van der Waals surface area contributed by atoms with Crippen molar-refractivity contribution in [1.29, 1.82) is 0 Å². The van der Waals surface area contributed by atoms with Gasteiger partial charge in [-0.15, -0.1) is 27.8 Å². The Kier molecular flexibility index (Phi) is 3.73. The van der Waals surface area contributed by atoms with E-state index in [4.69, 9.17) is 0 Å². The summed E-state index contributed by atoms with van der Waals surface area (Å²) < 4.78 is 0.864. The zero-order valence-electron chi connectivity index (χ0n) is 8.52. The SMILES string of the molecule is O=[N+]([O-])c1ccc(/C=N/N=c2sccs2)cc1. The average Bonchev–Trinajstić information content (AvgIpc) is 2.83. The van der Waals surface area contributed by atoms with E-state index in [0.717, 1.165) is 9.55 Å². The summed E-state index contributed by atoms with van der Waals surface area (Å²) in [4.78, 5) is 10.0. The Hall–Kier alpha value is -1.86. The molecule has 0 saturated heterocycles. The number of rotatable bonds is 3. The van der Waals surface area contributed by atoms with Crippen LogP contribution in [-0.2, 0) is 0 Å². The molecular formula is C10H7N3O2S2. The van der Waals surface area contributed by atoms with E-state index in [1.165, 1.54) is 34.8 Å². The second kappa shape index (κ2) is 5.46. The van der Waals surface area contributed by atoms with Gasteiger partial charge in [-0.1, -0.05) is 0 Å². The molecule has 1 heterocycles. The van der Waals surface area contributed by atoms with E-state index in [1.54, 1.807) is 18.3 Å². The average molecular weight is 265 g/mol. The summed E-state index contributed by atoms with van der Waals surface area (Å²) in [6.07, 6.45) is 1.57. The van der Waals surface area contributed by atoms with E-state index in [0.29, 0.717) is 0 Å². The van der Waals surface area contributed by atoms with Crippen molar-refractivity contribution in [1.82, 2.24) is 0 Å². The predicted molar refractivity (Wildman–Crippen MR) is 68.4 cm³/mol. The number of nitro groups is 1. The first-order valence-electron chi connectivity index (χ1n) is 4.59. The molecule has 17 heavy (non-hydrogen) atoms. The molecule has 0 aliphatic heterocycles. The molecule has 1 aromatic carbocycles. The van der Waals surface area contributed by atoms with Gasteiger partial charge in [0.25, 0.3) is 5.69 Å². The van der Waals surface area contributed by atoms with Gasteiger partial charge in [-0.3, -0.25) is 10.1 Å². The van der Waals surface area contributed by atoms with Gasteiger partial charge in [0.2, 0.25) is 0 Å². The van der Waals surface area contributed by atoms with E-state index in [9.17, 15) is 10.1 Å². The van der Waals surface area contributed by atoms with Crippen LogP contribution >= 0.6 is 22.7 Å². The molecule has 0 radical (unpaired) electrons. The third kappa shape index (κ3) is 3.30. The number of hydrogen-bond acceptors (Lipinski definition) is 6. The molecule has 0 aliphatic rings. The van der Waals surface area contributed by atoms with Crippen molar-refractivity contribution in [2.75, 3.05) is 0 Å². The van der Waals surface area contributed by atoms with Crippen molar-refractivity contribution < 1.29 is 4.92 Å². The summed E-state index contributed by atoms with van der Waals surface area (Å²) in [7, 11) is 0.